The molecule has 4 nitrogen and oxygen atoms in total. The topological polar surface area (TPSA) is 53.1 Å². The van der Waals surface area contributed by atoms with Gasteiger partial charge in [0.05, 0.1) is 11.4 Å². The molecule has 0 saturated heterocycles. The Hall–Kier alpha value is -1.52. The van der Waals surface area contributed by atoms with Crippen LogP contribution in [0.1, 0.15) is 29.9 Å². The van der Waals surface area contributed by atoms with Crippen molar-refractivity contribution in [2.75, 3.05) is 0 Å². The molecule has 2 rings (SSSR count). The van der Waals surface area contributed by atoms with Crippen LogP contribution in [0.4, 0.5) is 0 Å². The van der Waals surface area contributed by atoms with E-state index in [2.05, 4.69) is 5.10 Å². The third-order valence-electron chi connectivity index (χ3n) is 2.94. The van der Waals surface area contributed by atoms with Gasteiger partial charge in [-0.25, -0.2) is 0 Å². The molecule has 1 aromatic heterocycles. The smallest absolute Gasteiger partial charge is 0.130 e. The molecule has 1 heterocycles. The zero-order chi connectivity index (χ0) is 14.0. The van der Waals surface area contributed by atoms with Crippen LogP contribution < -0.4 is 10.5 Å². The first-order valence-corrected chi connectivity index (χ1v) is 6.52. The highest BCUT2D eigenvalue weighted by Gasteiger charge is 2.10. The molecular weight excluding hydrogens is 262 g/mol. The van der Waals surface area contributed by atoms with Crippen molar-refractivity contribution in [3.63, 3.8) is 0 Å². The Labute approximate surface area is 118 Å². The standard InChI is InChI=1S/C14H18ClN3O/c1-9-6-12(18(3)17-9)8-19-14-5-4-11(15)7-13(14)10(2)16/h4-7,10H,8,16H2,1-3H3/t10-/m1/s1. The summed E-state index contributed by atoms with van der Waals surface area (Å²) in [4.78, 5) is 0. The molecule has 1 aromatic carbocycles. The summed E-state index contributed by atoms with van der Waals surface area (Å²) in [6, 6.07) is 7.38. The van der Waals surface area contributed by atoms with E-state index in [0.717, 1.165) is 22.7 Å². The Bertz CT molecular complexity index is 578. The van der Waals surface area contributed by atoms with E-state index in [4.69, 9.17) is 22.1 Å². The van der Waals surface area contributed by atoms with Crippen LogP contribution in [0.3, 0.4) is 0 Å². The highest BCUT2D eigenvalue weighted by Crippen LogP contribution is 2.27. The molecule has 0 aliphatic carbocycles. The zero-order valence-electron chi connectivity index (χ0n) is 11.4. The maximum Gasteiger partial charge on any atom is 0.130 e. The zero-order valence-corrected chi connectivity index (χ0v) is 12.1. The lowest BCUT2D eigenvalue weighted by Gasteiger charge is -2.14. The van der Waals surface area contributed by atoms with Crippen LogP contribution in [0.5, 0.6) is 5.75 Å². The number of aromatic nitrogens is 2. The Morgan fingerprint density at radius 1 is 1.42 bits per heavy atom. The van der Waals surface area contributed by atoms with Crippen LogP contribution in [0.25, 0.3) is 0 Å². The molecule has 0 amide bonds. The van der Waals surface area contributed by atoms with Gasteiger partial charge in [0.25, 0.3) is 0 Å². The molecule has 5 heteroatoms. The molecular formula is C14H18ClN3O. The number of ether oxygens (including phenoxy) is 1. The molecule has 2 N–H and O–H groups in total. The van der Waals surface area contributed by atoms with E-state index in [1.807, 2.05) is 43.8 Å². The Morgan fingerprint density at radius 3 is 2.74 bits per heavy atom. The summed E-state index contributed by atoms with van der Waals surface area (Å²) in [5.41, 5.74) is 8.83. The summed E-state index contributed by atoms with van der Waals surface area (Å²) >= 11 is 5.98. The van der Waals surface area contributed by atoms with Crippen molar-refractivity contribution < 1.29 is 4.74 Å². The first-order chi connectivity index (χ1) is 8.97. The van der Waals surface area contributed by atoms with Gasteiger partial charge in [-0.15, -0.1) is 0 Å². The van der Waals surface area contributed by atoms with Crippen molar-refractivity contribution in [2.24, 2.45) is 12.8 Å². The minimum atomic E-state index is -0.123. The molecule has 0 spiro atoms. The van der Waals surface area contributed by atoms with Crippen molar-refractivity contribution in [1.82, 2.24) is 9.78 Å². The fourth-order valence-electron chi connectivity index (χ4n) is 1.96. The number of aryl methyl sites for hydroxylation is 2. The predicted octanol–water partition coefficient (Wildman–Crippen LogP) is 2.98. The first-order valence-electron chi connectivity index (χ1n) is 6.14. The van der Waals surface area contributed by atoms with Crippen LogP contribution >= 0.6 is 11.6 Å². The highest BCUT2D eigenvalue weighted by molar-refractivity contribution is 6.30. The van der Waals surface area contributed by atoms with Gasteiger partial charge in [-0.3, -0.25) is 4.68 Å². The van der Waals surface area contributed by atoms with E-state index in [-0.39, 0.29) is 6.04 Å². The van der Waals surface area contributed by atoms with E-state index in [0.29, 0.717) is 11.6 Å². The summed E-state index contributed by atoms with van der Waals surface area (Å²) in [7, 11) is 1.90. The normalized spacial score (nSPS) is 12.5. The van der Waals surface area contributed by atoms with E-state index in [1.54, 1.807) is 6.07 Å². The number of hydrogen-bond donors (Lipinski definition) is 1. The maximum absolute atomic E-state index is 5.98. The average Bonchev–Trinajstić information content (AvgIpc) is 2.66. The Morgan fingerprint density at radius 2 is 2.16 bits per heavy atom. The largest absolute Gasteiger partial charge is 0.487 e. The third kappa shape index (κ3) is 3.28. The van der Waals surface area contributed by atoms with Crippen molar-refractivity contribution in [3.8, 4) is 5.75 Å². The van der Waals surface area contributed by atoms with Crippen molar-refractivity contribution in [1.29, 1.82) is 0 Å². The number of nitrogens with zero attached hydrogens (tertiary/aromatic N) is 2. The molecule has 0 aliphatic heterocycles. The summed E-state index contributed by atoms with van der Waals surface area (Å²) in [5.74, 6) is 0.762. The van der Waals surface area contributed by atoms with E-state index in [1.165, 1.54) is 0 Å². The van der Waals surface area contributed by atoms with Crippen molar-refractivity contribution in [3.05, 3.63) is 46.2 Å². The number of benzene rings is 1. The molecule has 0 unspecified atom stereocenters. The summed E-state index contributed by atoms with van der Waals surface area (Å²) in [6.07, 6.45) is 0. The molecule has 0 fully saturated rings. The van der Waals surface area contributed by atoms with Gasteiger partial charge in [0.15, 0.2) is 0 Å². The maximum atomic E-state index is 5.98. The number of nitrogens with two attached hydrogens (primary N) is 1. The van der Waals surface area contributed by atoms with E-state index in [9.17, 15) is 0 Å². The molecule has 19 heavy (non-hydrogen) atoms. The Balaban J connectivity index is 2.17. The Kier molecular flexibility index (Phi) is 4.12. The van der Waals surface area contributed by atoms with E-state index < -0.39 is 0 Å². The lowest BCUT2D eigenvalue weighted by atomic mass is 10.1. The number of halogens is 1. The van der Waals surface area contributed by atoms with Crippen LogP contribution in [0.2, 0.25) is 5.02 Å². The molecule has 0 radical (unpaired) electrons. The quantitative estimate of drug-likeness (QED) is 0.936. The minimum Gasteiger partial charge on any atom is -0.487 e. The average molecular weight is 280 g/mol. The highest BCUT2D eigenvalue weighted by atomic mass is 35.5. The second-order valence-corrected chi connectivity index (χ2v) is 5.10. The van der Waals surface area contributed by atoms with E-state index >= 15 is 0 Å². The SMILES string of the molecule is Cc1cc(COc2ccc(Cl)cc2[C@@H](C)N)n(C)n1. The molecule has 1 atom stereocenters. The monoisotopic (exact) mass is 279 g/mol. The number of rotatable bonds is 4. The second-order valence-electron chi connectivity index (χ2n) is 4.66. The van der Waals surface area contributed by atoms with Crippen molar-refractivity contribution in [2.45, 2.75) is 26.5 Å². The lowest BCUT2D eigenvalue weighted by molar-refractivity contribution is 0.290. The summed E-state index contributed by atoms with van der Waals surface area (Å²) in [6.45, 7) is 4.32. The fraction of sp³-hybridized carbons (Fsp3) is 0.357. The predicted molar refractivity (Wildman–Crippen MR) is 76.3 cm³/mol. The van der Waals surface area contributed by atoms with Gasteiger partial charge in [-0.2, -0.15) is 5.10 Å². The second kappa shape index (κ2) is 5.63. The molecule has 2 aromatic rings. The van der Waals surface area contributed by atoms with Crippen molar-refractivity contribution >= 4 is 11.6 Å². The molecule has 0 aliphatic rings. The van der Waals surface area contributed by atoms with Crippen LogP contribution in [0, 0.1) is 6.92 Å². The van der Waals surface area contributed by atoms with Crippen LogP contribution in [-0.2, 0) is 13.7 Å². The fourth-order valence-corrected chi connectivity index (χ4v) is 2.14. The van der Waals surface area contributed by atoms with Crippen LogP contribution in [0.15, 0.2) is 24.3 Å². The first kappa shape index (κ1) is 13.9. The minimum absolute atomic E-state index is 0.123. The lowest BCUT2D eigenvalue weighted by Crippen LogP contribution is -2.09. The summed E-state index contributed by atoms with van der Waals surface area (Å²) < 4.78 is 7.65. The van der Waals surface area contributed by atoms with Gasteiger partial charge in [0.1, 0.15) is 12.4 Å². The van der Waals surface area contributed by atoms with Gasteiger partial charge in [-0.05, 0) is 38.1 Å². The van der Waals surface area contributed by atoms with Gasteiger partial charge in [0.2, 0.25) is 0 Å². The van der Waals surface area contributed by atoms with Crippen LogP contribution in [-0.4, -0.2) is 9.78 Å². The molecule has 102 valence electrons. The van der Waals surface area contributed by atoms with Gasteiger partial charge in [0, 0.05) is 23.7 Å². The van der Waals surface area contributed by atoms with Gasteiger partial charge < -0.3 is 10.5 Å². The number of hydrogen-bond acceptors (Lipinski definition) is 3. The van der Waals surface area contributed by atoms with Gasteiger partial charge in [-0.1, -0.05) is 11.6 Å². The molecule has 0 bridgehead atoms. The third-order valence-corrected chi connectivity index (χ3v) is 3.17. The summed E-state index contributed by atoms with van der Waals surface area (Å²) in [5, 5.41) is 4.95. The van der Waals surface area contributed by atoms with Gasteiger partial charge >= 0.3 is 0 Å². The molecule has 0 saturated carbocycles.